The Kier molecular flexibility index (Phi) is 5.12. The Bertz CT molecular complexity index is 1160. The number of carbonyl (C=O) groups excluding carboxylic acids is 1. The Morgan fingerprint density at radius 2 is 1.90 bits per heavy atom. The predicted molar refractivity (Wildman–Crippen MR) is 112 cm³/mol. The van der Waals surface area contributed by atoms with E-state index in [0.717, 1.165) is 40.2 Å². The smallest absolute Gasteiger partial charge is 0.252 e. The van der Waals surface area contributed by atoms with Gasteiger partial charge in [0, 0.05) is 18.4 Å². The van der Waals surface area contributed by atoms with Gasteiger partial charge in [-0.2, -0.15) is 10.2 Å². The summed E-state index contributed by atoms with van der Waals surface area (Å²) in [6, 6.07) is 13.9. The second kappa shape index (κ2) is 7.87. The van der Waals surface area contributed by atoms with E-state index in [1.807, 2.05) is 60.5 Å². The summed E-state index contributed by atoms with van der Waals surface area (Å²) in [5.41, 5.74) is 5.03. The molecule has 1 N–H and O–H groups in total. The maximum Gasteiger partial charge on any atom is 0.252 e. The molecule has 4 aromatic rings. The van der Waals surface area contributed by atoms with Gasteiger partial charge in [-0.15, -0.1) is 0 Å². The van der Waals surface area contributed by atoms with E-state index in [2.05, 4.69) is 32.6 Å². The molecule has 7 nitrogen and oxygen atoms in total. The highest BCUT2D eigenvalue weighted by molar-refractivity contribution is 6.06. The lowest BCUT2D eigenvalue weighted by Gasteiger charge is -2.09. The third-order valence-electron chi connectivity index (χ3n) is 4.96. The Morgan fingerprint density at radius 1 is 1.10 bits per heavy atom. The molecule has 7 heteroatoms. The van der Waals surface area contributed by atoms with Gasteiger partial charge in [-0.3, -0.25) is 9.48 Å². The van der Waals surface area contributed by atoms with Crippen LogP contribution in [0.1, 0.15) is 39.9 Å². The van der Waals surface area contributed by atoms with Gasteiger partial charge in [0.15, 0.2) is 5.65 Å². The van der Waals surface area contributed by atoms with E-state index in [0.29, 0.717) is 18.7 Å². The summed E-state index contributed by atoms with van der Waals surface area (Å²) in [6.45, 7) is 7.65. The van der Waals surface area contributed by atoms with Gasteiger partial charge in [-0.05, 0) is 38.5 Å². The van der Waals surface area contributed by atoms with Crippen LogP contribution in [-0.2, 0) is 19.6 Å². The first-order chi connectivity index (χ1) is 14.1. The molecular weight excluding hydrogens is 364 g/mol. The van der Waals surface area contributed by atoms with Crippen LogP contribution in [0.25, 0.3) is 11.0 Å². The van der Waals surface area contributed by atoms with Crippen LogP contribution in [-0.4, -0.2) is 30.5 Å². The fourth-order valence-corrected chi connectivity index (χ4v) is 3.59. The van der Waals surface area contributed by atoms with Crippen molar-refractivity contribution in [3.8, 4) is 0 Å². The number of pyridine rings is 1. The summed E-state index contributed by atoms with van der Waals surface area (Å²) >= 11 is 0. The highest BCUT2D eigenvalue weighted by Gasteiger charge is 2.19. The van der Waals surface area contributed by atoms with Crippen molar-refractivity contribution in [2.45, 2.75) is 40.4 Å². The molecule has 29 heavy (non-hydrogen) atoms. The third kappa shape index (κ3) is 3.76. The highest BCUT2D eigenvalue weighted by atomic mass is 16.1. The molecule has 0 aliphatic rings. The average Bonchev–Trinajstić information content (AvgIpc) is 3.30. The number of nitrogens with zero attached hydrogens (tertiary/aromatic N) is 5. The summed E-state index contributed by atoms with van der Waals surface area (Å²) < 4.78 is 3.74. The summed E-state index contributed by atoms with van der Waals surface area (Å²) in [4.78, 5) is 17.7. The predicted octanol–water partition coefficient (Wildman–Crippen LogP) is 3.24. The molecule has 0 unspecified atom stereocenters. The highest BCUT2D eigenvalue weighted by Crippen LogP contribution is 2.23. The van der Waals surface area contributed by atoms with Gasteiger partial charge >= 0.3 is 0 Å². The van der Waals surface area contributed by atoms with Gasteiger partial charge < -0.3 is 5.32 Å². The molecule has 0 aliphatic carbocycles. The largest absolute Gasteiger partial charge is 0.346 e. The van der Waals surface area contributed by atoms with Gasteiger partial charge in [0.2, 0.25) is 0 Å². The van der Waals surface area contributed by atoms with E-state index in [9.17, 15) is 4.79 Å². The fraction of sp³-hybridized carbons (Fsp3) is 0.273. The van der Waals surface area contributed by atoms with Crippen molar-refractivity contribution in [1.82, 2.24) is 29.9 Å². The minimum atomic E-state index is -0.133. The van der Waals surface area contributed by atoms with Gasteiger partial charge in [0.25, 0.3) is 5.91 Å². The van der Waals surface area contributed by atoms with Crippen LogP contribution in [0, 0.1) is 13.8 Å². The molecule has 0 radical (unpaired) electrons. The number of carbonyl (C=O) groups is 1. The molecule has 0 fully saturated rings. The number of rotatable bonds is 6. The normalized spacial score (nSPS) is 11.1. The zero-order chi connectivity index (χ0) is 20.4. The van der Waals surface area contributed by atoms with Crippen molar-refractivity contribution in [1.29, 1.82) is 0 Å². The van der Waals surface area contributed by atoms with E-state index >= 15 is 0 Å². The number of nitrogens with one attached hydrogen (secondary N) is 1. The Labute approximate surface area is 169 Å². The molecule has 4 rings (SSSR count). The maximum atomic E-state index is 13.0. The second-order valence-electron chi connectivity index (χ2n) is 7.06. The monoisotopic (exact) mass is 388 g/mol. The third-order valence-corrected chi connectivity index (χ3v) is 4.96. The number of hydrogen-bond acceptors (Lipinski definition) is 4. The molecule has 0 aliphatic heterocycles. The van der Waals surface area contributed by atoms with E-state index in [1.54, 1.807) is 6.20 Å². The first-order valence-corrected chi connectivity index (χ1v) is 9.74. The first-order valence-electron chi connectivity index (χ1n) is 9.74. The van der Waals surface area contributed by atoms with Crippen molar-refractivity contribution >= 4 is 16.9 Å². The zero-order valence-electron chi connectivity index (χ0n) is 16.9. The maximum absolute atomic E-state index is 13.0. The molecule has 0 saturated carbocycles. The van der Waals surface area contributed by atoms with Crippen LogP contribution in [0.4, 0.5) is 0 Å². The van der Waals surface area contributed by atoms with Crippen LogP contribution in [0.2, 0.25) is 0 Å². The molecule has 1 amide bonds. The SMILES string of the molecule is CCn1nccc1CNC(=O)c1cc(C)nc2c1c(C)nn2Cc1ccccc1. The first kappa shape index (κ1) is 18.9. The summed E-state index contributed by atoms with van der Waals surface area (Å²) in [7, 11) is 0. The number of amides is 1. The molecule has 0 spiro atoms. The van der Waals surface area contributed by atoms with E-state index in [1.165, 1.54) is 0 Å². The minimum Gasteiger partial charge on any atom is -0.346 e. The quantitative estimate of drug-likeness (QED) is 0.550. The van der Waals surface area contributed by atoms with E-state index < -0.39 is 0 Å². The minimum absolute atomic E-state index is 0.133. The standard InChI is InChI=1S/C22H24N6O/c1-4-27-18(10-11-24-27)13-23-22(29)19-12-15(2)25-21-20(19)16(3)26-28(21)14-17-8-6-5-7-9-17/h5-12H,4,13-14H2,1-3H3,(H,23,29). The van der Waals surface area contributed by atoms with Crippen LogP contribution in [0.5, 0.6) is 0 Å². The van der Waals surface area contributed by atoms with Crippen molar-refractivity contribution in [2.24, 2.45) is 0 Å². The zero-order valence-corrected chi connectivity index (χ0v) is 16.9. The van der Waals surface area contributed by atoms with Crippen LogP contribution in [0.15, 0.2) is 48.7 Å². The van der Waals surface area contributed by atoms with E-state index in [-0.39, 0.29) is 5.91 Å². The van der Waals surface area contributed by atoms with Crippen LogP contribution >= 0.6 is 0 Å². The van der Waals surface area contributed by atoms with Crippen LogP contribution in [0.3, 0.4) is 0 Å². The van der Waals surface area contributed by atoms with Gasteiger partial charge in [-0.1, -0.05) is 30.3 Å². The number of aryl methyl sites for hydroxylation is 3. The van der Waals surface area contributed by atoms with Crippen molar-refractivity contribution < 1.29 is 4.79 Å². The Morgan fingerprint density at radius 3 is 2.66 bits per heavy atom. The number of hydrogen-bond donors (Lipinski definition) is 1. The van der Waals surface area contributed by atoms with Crippen LogP contribution < -0.4 is 5.32 Å². The van der Waals surface area contributed by atoms with Crippen molar-refractivity contribution in [2.75, 3.05) is 0 Å². The number of aromatic nitrogens is 5. The second-order valence-corrected chi connectivity index (χ2v) is 7.06. The molecule has 3 heterocycles. The number of benzene rings is 1. The van der Waals surface area contributed by atoms with E-state index in [4.69, 9.17) is 0 Å². The molecule has 148 valence electrons. The van der Waals surface area contributed by atoms with Gasteiger partial charge in [-0.25, -0.2) is 9.67 Å². The molecule has 0 atom stereocenters. The molecule has 0 bridgehead atoms. The topological polar surface area (TPSA) is 77.6 Å². The lowest BCUT2D eigenvalue weighted by molar-refractivity contribution is 0.0951. The van der Waals surface area contributed by atoms with Crippen molar-refractivity contribution in [3.05, 3.63) is 76.9 Å². The summed E-state index contributed by atoms with van der Waals surface area (Å²) in [5.74, 6) is -0.133. The molecule has 1 aromatic carbocycles. The van der Waals surface area contributed by atoms with Gasteiger partial charge in [0.05, 0.1) is 35.4 Å². The number of fused-ring (bicyclic) bond motifs is 1. The molecular formula is C22H24N6O. The fourth-order valence-electron chi connectivity index (χ4n) is 3.59. The Balaban J connectivity index is 1.66. The molecule has 3 aromatic heterocycles. The summed E-state index contributed by atoms with van der Waals surface area (Å²) in [6.07, 6.45) is 1.75. The average molecular weight is 388 g/mol. The lowest BCUT2D eigenvalue weighted by atomic mass is 10.1. The Hall–Kier alpha value is -3.48. The molecule has 0 saturated heterocycles. The van der Waals surface area contributed by atoms with Gasteiger partial charge in [0.1, 0.15) is 0 Å². The van der Waals surface area contributed by atoms with Crippen molar-refractivity contribution in [3.63, 3.8) is 0 Å². The summed E-state index contributed by atoms with van der Waals surface area (Å²) in [5, 5.41) is 12.7. The lowest BCUT2D eigenvalue weighted by Crippen LogP contribution is -2.25.